The summed E-state index contributed by atoms with van der Waals surface area (Å²) in [5.41, 5.74) is -0.145. The van der Waals surface area contributed by atoms with Gasteiger partial charge in [0.1, 0.15) is 18.0 Å². The molecule has 0 bridgehead atoms. The van der Waals surface area contributed by atoms with Crippen LogP contribution in [0.2, 0.25) is 0 Å². The summed E-state index contributed by atoms with van der Waals surface area (Å²) in [4.78, 5) is 22.9. The molecule has 27 heavy (non-hydrogen) atoms. The van der Waals surface area contributed by atoms with Crippen LogP contribution in [0.3, 0.4) is 0 Å². The minimum Gasteiger partial charge on any atom is -0.479 e. The van der Waals surface area contributed by atoms with E-state index in [0.717, 1.165) is 0 Å². The van der Waals surface area contributed by atoms with Crippen molar-refractivity contribution in [1.82, 2.24) is 0 Å². The van der Waals surface area contributed by atoms with E-state index in [1.165, 1.54) is 12.1 Å². The summed E-state index contributed by atoms with van der Waals surface area (Å²) in [6.07, 6.45) is 2.19. The van der Waals surface area contributed by atoms with Gasteiger partial charge in [-0.15, -0.1) is 12.3 Å². The number of rotatable bonds is 5. The zero-order valence-electron chi connectivity index (χ0n) is 14.2. The summed E-state index contributed by atoms with van der Waals surface area (Å²) in [5.74, 6) is 1.24. The van der Waals surface area contributed by atoms with E-state index in [4.69, 9.17) is 25.4 Å². The van der Waals surface area contributed by atoms with Gasteiger partial charge in [-0.1, -0.05) is 0 Å². The highest BCUT2D eigenvalue weighted by molar-refractivity contribution is 5.85. The number of aliphatic hydroxyl groups excluding tert-OH is 1. The molecule has 0 aliphatic carbocycles. The number of fused-ring (bicyclic) bond motifs is 1. The van der Waals surface area contributed by atoms with Gasteiger partial charge >= 0.3 is 11.6 Å². The van der Waals surface area contributed by atoms with Crippen molar-refractivity contribution in [3.05, 3.63) is 39.7 Å². The topological polar surface area (TPSA) is 106 Å². The van der Waals surface area contributed by atoms with Gasteiger partial charge in [0.05, 0.1) is 11.7 Å². The lowest BCUT2D eigenvalue weighted by Gasteiger charge is -2.31. The van der Waals surface area contributed by atoms with Gasteiger partial charge < -0.3 is 24.1 Å². The second-order valence-corrected chi connectivity index (χ2v) is 6.16. The number of hydrogen-bond donors (Lipinski definition) is 2. The summed E-state index contributed by atoms with van der Waals surface area (Å²) in [7, 11) is 0. The first-order valence-electron chi connectivity index (χ1n) is 8.24. The lowest BCUT2D eigenvalue weighted by Crippen LogP contribution is -2.42. The molecule has 1 aliphatic rings. The molecule has 1 aromatic heterocycles. The second kappa shape index (κ2) is 7.78. The van der Waals surface area contributed by atoms with Gasteiger partial charge in [-0.05, 0) is 17.7 Å². The van der Waals surface area contributed by atoms with Crippen LogP contribution in [0, 0.1) is 12.3 Å². The zero-order valence-corrected chi connectivity index (χ0v) is 14.2. The number of halogens is 1. The smallest absolute Gasteiger partial charge is 0.336 e. The van der Waals surface area contributed by atoms with Crippen LogP contribution in [0.1, 0.15) is 24.0 Å². The van der Waals surface area contributed by atoms with Crippen LogP contribution in [0.4, 0.5) is 4.39 Å². The number of benzene rings is 1. The maximum atomic E-state index is 13.7. The minimum absolute atomic E-state index is 0.0129. The summed E-state index contributed by atoms with van der Waals surface area (Å²) in [6, 6.07) is 4.30. The van der Waals surface area contributed by atoms with Gasteiger partial charge in [0.2, 0.25) is 6.29 Å². The van der Waals surface area contributed by atoms with E-state index in [0.29, 0.717) is 10.9 Å². The molecule has 3 atom stereocenters. The molecule has 1 fully saturated rings. The van der Waals surface area contributed by atoms with Crippen molar-refractivity contribution < 1.29 is 33.3 Å². The summed E-state index contributed by atoms with van der Waals surface area (Å²) in [5, 5.41) is 19.4. The predicted octanol–water partition coefficient (Wildman–Crippen LogP) is 1.77. The zero-order chi connectivity index (χ0) is 19.6. The number of carboxylic acids is 1. The number of ether oxygens (including phenoxy) is 2. The summed E-state index contributed by atoms with van der Waals surface area (Å²) < 4.78 is 29.8. The number of carbonyl (C=O) groups is 1. The van der Waals surface area contributed by atoms with E-state index in [9.17, 15) is 19.1 Å². The molecule has 2 heterocycles. The van der Waals surface area contributed by atoms with Crippen molar-refractivity contribution in [3.8, 4) is 18.1 Å². The van der Waals surface area contributed by atoms with Gasteiger partial charge in [0.15, 0.2) is 6.10 Å². The number of aliphatic carboxylic acids is 1. The molecular weight excluding hydrogens is 359 g/mol. The molecule has 7 nitrogen and oxygen atoms in total. The largest absolute Gasteiger partial charge is 0.479 e. The van der Waals surface area contributed by atoms with E-state index in [1.807, 2.05) is 0 Å². The first kappa shape index (κ1) is 18.9. The number of hydrogen-bond acceptors (Lipinski definition) is 6. The Labute approximate surface area is 153 Å². The van der Waals surface area contributed by atoms with Crippen LogP contribution >= 0.6 is 0 Å². The number of alkyl halides is 1. The van der Waals surface area contributed by atoms with Crippen LogP contribution in [-0.4, -0.2) is 34.7 Å². The Hall–Kier alpha value is -2.89. The van der Waals surface area contributed by atoms with Gasteiger partial charge in [-0.25, -0.2) is 14.0 Å². The van der Waals surface area contributed by atoms with E-state index in [2.05, 4.69) is 5.92 Å². The Balaban J connectivity index is 1.99. The molecule has 0 amide bonds. The third-order valence-electron chi connectivity index (χ3n) is 4.28. The highest BCUT2D eigenvalue weighted by Crippen LogP contribution is 2.32. The molecule has 8 heteroatoms. The Morgan fingerprint density at radius 1 is 1.41 bits per heavy atom. The average Bonchev–Trinajstić information content (AvgIpc) is 2.61. The Bertz CT molecular complexity index is 959. The van der Waals surface area contributed by atoms with Crippen molar-refractivity contribution in [3.63, 3.8) is 0 Å². The molecule has 0 spiro atoms. The van der Waals surface area contributed by atoms with E-state index >= 15 is 0 Å². The molecule has 142 valence electrons. The monoisotopic (exact) mass is 376 g/mol. The fourth-order valence-corrected chi connectivity index (χ4v) is 3.06. The lowest BCUT2D eigenvalue weighted by molar-refractivity contribution is -0.195. The molecule has 1 aliphatic heterocycles. The van der Waals surface area contributed by atoms with Crippen molar-refractivity contribution in [2.45, 2.75) is 44.4 Å². The molecule has 3 unspecified atom stereocenters. The maximum absolute atomic E-state index is 13.7. The predicted molar refractivity (Wildman–Crippen MR) is 92.0 cm³/mol. The molecule has 0 radical (unpaired) electrons. The quantitative estimate of drug-likeness (QED) is 0.605. The molecule has 2 N–H and O–H groups in total. The van der Waals surface area contributed by atoms with Crippen LogP contribution in [0.15, 0.2) is 27.4 Å². The van der Waals surface area contributed by atoms with Crippen molar-refractivity contribution >= 4 is 16.9 Å². The Kier molecular flexibility index (Phi) is 5.44. The van der Waals surface area contributed by atoms with Gasteiger partial charge in [-0.3, -0.25) is 0 Å². The van der Waals surface area contributed by atoms with Crippen molar-refractivity contribution in [1.29, 1.82) is 0 Å². The Morgan fingerprint density at radius 3 is 2.85 bits per heavy atom. The average molecular weight is 376 g/mol. The highest BCUT2D eigenvalue weighted by atomic mass is 19.1. The highest BCUT2D eigenvalue weighted by Gasteiger charge is 2.34. The molecule has 1 saturated heterocycles. The lowest BCUT2D eigenvalue weighted by atomic mass is 10.0. The second-order valence-electron chi connectivity index (χ2n) is 6.16. The van der Waals surface area contributed by atoms with Gasteiger partial charge in [0, 0.05) is 30.7 Å². The summed E-state index contributed by atoms with van der Waals surface area (Å²) in [6.45, 7) is -0.993. The SMILES string of the molecule is C#CCc1cc(=O)oc2c(CF)c(OC3CC(O)CC(C(=O)O)O3)ccc12. The fraction of sp³-hybridized carbons (Fsp3) is 0.368. The van der Waals surface area contributed by atoms with Crippen molar-refractivity contribution in [2.75, 3.05) is 0 Å². The number of terminal acetylenes is 1. The van der Waals surface area contributed by atoms with Crippen LogP contribution in [0.25, 0.3) is 11.0 Å². The molecule has 0 saturated carbocycles. The van der Waals surface area contributed by atoms with Crippen LogP contribution < -0.4 is 10.4 Å². The van der Waals surface area contributed by atoms with E-state index in [-0.39, 0.29) is 36.2 Å². The van der Waals surface area contributed by atoms with Crippen LogP contribution in [-0.2, 0) is 22.6 Å². The number of carboxylic acid groups (broad SMARTS) is 1. The van der Waals surface area contributed by atoms with Gasteiger partial charge in [-0.2, -0.15) is 0 Å². The maximum Gasteiger partial charge on any atom is 0.336 e. The molecule has 1 aromatic carbocycles. The van der Waals surface area contributed by atoms with E-state index in [1.54, 1.807) is 6.07 Å². The molecule has 3 rings (SSSR count). The first-order valence-corrected chi connectivity index (χ1v) is 8.24. The van der Waals surface area contributed by atoms with Crippen molar-refractivity contribution in [2.24, 2.45) is 0 Å². The Morgan fingerprint density at radius 2 is 2.19 bits per heavy atom. The first-order chi connectivity index (χ1) is 12.9. The normalized spacial score (nSPS) is 22.3. The number of aliphatic hydroxyl groups is 1. The molecular formula is C19H17FO7. The molecule has 2 aromatic rings. The van der Waals surface area contributed by atoms with Crippen LogP contribution in [0.5, 0.6) is 5.75 Å². The fourth-order valence-electron chi connectivity index (χ4n) is 3.06. The third kappa shape index (κ3) is 3.94. The third-order valence-corrected chi connectivity index (χ3v) is 4.28. The minimum atomic E-state index is -1.23. The summed E-state index contributed by atoms with van der Waals surface area (Å²) >= 11 is 0. The standard InChI is InChI=1S/C19H17FO7/c1-2-3-10-6-16(22)27-18-12(10)4-5-14(13(18)9-20)25-17-8-11(21)7-15(26-17)19(23)24/h1,4-6,11,15,17,21H,3,7-9H2,(H,23,24). The van der Waals surface area contributed by atoms with E-state index < -0.39 is 36.8 Å². The van der Waals surface area contributed by atoms with Gasteiger partial charge in [0.25, 0.3) is 0 Å².